The summed E-state index contributed by atoms with van der Waals surface area (Å²) in [5, 5.41) is 6.12. The Kier molecular flexibility index (Phi) is 22.5. The molecule has 2 aliphatic heterocycles. The summed E-state index contributed by atoms with van der Waals surface area (Å²) in [6, 6.07) is 0.207. The Labute approximate surface area is 269 Å². The number of nitrogens with zero attached hydrogens (tertiary/aromatic N) is 5. The highest BCUT2D eigenvalue weighted by molar-refractivity contribution is 5.94. The van der Waals surface area contributed by atoms with Gasteiger partial charge in [-0.1, -0.05) is 44.9 Å². The van der Waals surface area contributed by atoms with Crippen molar-refractivity contribution in [1.82, 2.24) is 20.4 Å². The largest absolute Gasteiger partial charge is 0.379 e. The van der Waals surface area contributed by atoms with E-state index in [1.165, 1.54) is 0 Å². The van der Waals surface area contributed by atoms with Crippen LogP contribution in [-0.4, -0.2) is 115 Å². The Morgan fingerprint density at radius 3 is 2.32 bits per heavy atom. The minimum absolute atomic E-state index is 0.194. The molecule has 0 radical (unpaired) electrons. The second-order valence-electron chi connectivity index (χ2n) is 10.9. The van der Waals surface area contributed by atoms with Crippen LogP contribution in [-0.2, 0) is 9.47 Å². The van der Waals surface area contributed by atoms with Crippen molar-refractivity contribution in [3.05, 3.63) is 73.2 Å². The molecule has 0 spiro atoms. The zero-order valence-corrected chi connectivity index (χ0v) is 29.1. The highest BCUT2D eigenvalue weighted by Crippen LogP contribution is 2.39. The van der Waals surface area contributed by atoms with Gasteiger partial charge in [-0.2, -0.15) is 0 Å². The summed E-state index contributed by atoms with van der Waals surface area (Å²) in [6.45, 7) is 28.3. The standard InChI is InChI=1S/C20H34N4O.C10H16N2.C5H11NO/c1-9-10-19(23-16(3)13-22-7)24(8)18-11-17(4)25-14-20(18,5)15(2)12-21-6;1-4-7-10(8-5-2)12-9-11-6-3;1-6-2-4-7-5-3-6/h9-10,12,17-18,22H,2-3,11,13-14H2,1,4-8H3;4-5,7-9H,1,6H2,2-3H3,(H,11,12);2-5H2,1H3/b10-9-,21-12?,23-19?;8-5-,10-7+;/t17?,18?,20-;;/m1../s1. The molecular formula is C35H61N7O2. The van der Waals surface area contributed by atoms with Crippen molar-refractivity contribution in [2.24, 2.45) is 20.4 Å². The molecule has 2 rings (SSSR count). The van der Waals surface area contributed by atoms with Crippen LogP contribution >= 0.6 is 0 Å². The molecule has 0 aliphatic carbocycles. The van der Waals surface area contributed by atoms with Crippen LogP contribution in [0.3, 0.4) is 0 Å². The molecule has 248 valence electrons. The molecule has 0 amide bonds. The molecular weight excluding hydrogens is 550 g/mol. The van der Waals surface area contributed by atoms with Crippen molar-refractivity contribution in [2.75, 3.05) is 74.2 Å². The highest BCUT2D eigenvalue weighted by Gasteiger charge is 2.44. The normalized spacial score (nSPS) is 23.3. The maximum Gasteiger partial charge on any atom is 0.128 e. The van der Waals surface area contributed by atoms with E-state index in [-0.39, 0.29) is 17.6 Å². The first-order valence-corrected chi connectivity index (χ1v) is 15.5. The first-order valence-electron chi connectivity index (χ1n) is 15.5. The lowest BCUT2D eigenvalue weighted by atomic mass is 9.72. The molecule has 9 heteroatoms. The van der Waals surface area contributed by atoms with Crippen molar-refractivity contribution in [2.45, 2.75) is 53.2 Å². The number of likely N-dealkylation sites (N-methyl/N-ethyl adjacent to an activating group) is 3. The first-order chi connectivity index (χ1) is 21.0. The third kappa shape index (κ3) is 16.1. The van der Waals surface area contributed by atoms with Gasteiger partial charge in [-0.15, -0.1) is 0 Å². The van der Waals surface area contributed by atoms with Crippen LogP contribution in [0.25, 0.3) is 0 Å². The molecule has 3 atom stereocenters. The lowest BCUT2D eigenvalue weighted by Crippen LogP contribution is -2.55. The number of hydrogen-bond donors (Lipinski definition) is 2. The molecule has 44 heavy (non-hydrogen) atoms. The van der Waals surface area contributed by atoms with Gasteiger partial charge in [-0.3, -0.25) is 9.98 Å². The molecule has 0 aromatic heterocycles. The van der Waals surface area contributed by atoms with E-state index in [0.717, 1.165) is 62.1 Å². The Hall–Kier alpha value is -3.11. The van der Waals surface area contributed by atoms with Crippen LogP contribution in [0.15, 0.2) is 88.1 Å². The van der Waals surface area contributed by atoms with Gasteiger partial charge in [0.05, 0.1) is 32.3 Å². The summed E-state index contributed by atoms with van der Waals surface area (Å²) in [4.78, 5) is 17.4. The molecule has 0 saturated carbocycles. The summed E-state index contributed by atoms with van der Waals surface area (Å²) >= 11 is 0. The predicted molar refractivity (Wildman–Crippen MR) is 192 cm³/mol. The van der Waals surface area contributed by atoms with Crippen LogP contribution in [0.5, 0.6) is 0 Å². The minimum Gasteiger partial charge on any atom is -0.379 e. The molecule has 0 bridgehead atoms. The van der Waals surface area contributed by atoms with Gasteiger partial charge in [0.1, 0.15) is 5.84 Å². The third-order valence-corrected chi connectivity index (χ3v) is 7.16. The lowest BCUT2D eigenvalue weighted by Gasteiger charge is -2.48. The van der Waals surface area contributed by atoms with Gasteiger partial charge >= 0.3 is 0 Å². The van der Waals surface area contributed by atoms with Crippen LogP contribution in [0, 0.1) is 5.41 Å². The van der Waals surface area contributed by atoms with Gasteiger partial charge < -0.3 is 29.9 Å². The van der Waals surface area contributed by atoms with E-state index in [4.69, 9.17) is 14.5 Å². The van der Waals surface area contributed by atoms with E-state index in [1.807, 2.05) is 64.4 Å². The van der Waals surface area contributed by atoms with Gasteiger partial charge in [0.25, 0.3) is 0 Å². The fourth-order valence-electron chi connectivity index (χ4n) is 4.52. The minimum atomic E-state index is -0.229. The zero-order valence-electron chi connectivity index (χ0n) is 29.1. The molecule has 2 aliphatic rings. The van der Waals surface area contributed by atoms with Crippen molar-refractivity contribution in [3.63, 3.8) is 0 Å². The predicted octanol–water partition coefficient (Wildman–Crippen LogP) is 5.29. The number of amidine groups is 1. The molecule has 2 N–H and O–H groups in total. The van der Waals surface area contributed by atoms with Gasteiger partial charge in [-0.05, 0) is 72.0 Å². The third-order valence-electron chi connectivity index (χ3n) is 7.16. The summed E-state index contributed by atoms with van der Waals surface area (Å²) < 4.78 is 11.1. The average molecular weight is 612 g/mol. The van der Waals surface area contributed by atoms with Crippen LogP contribution in [0.2, 0.25) is 0 Å². The van der Waals surface area contributed by atoms with E-state index >= 15 is 0 Å². The van der Waals surface area contributed by atoms with Crippen molar-refractivity contribution in [3.8, 4) is 0 Å². The van der Waals surface area contributed by atoms with Crippen molar-refractivity contribution >= 4 is 18.4 Å². The van der Waals surface area contributed by atoms with Crippen LogP contribution in [0.4, 0.5) is 0 Å². The molecule has 9 nitrogen and oxygen atoms in total. The summed E-state index contributed by atoms with van der Waals surface area (Å²) in [7, 11) is 7.87. The van der Waals surface area contributed by atoms with E-state index in [1.54, 1.807) is 19.5 Å². The summed E-state index contributed by atoms with van der Waals surface area (Å²) in [6.07, 6.45) is 16.2. The molecule has 2 fully saturated rings. The lowest BCUT2D eigenvalue weighted by molar-refractivity contribution is -0.0656. The number of rotatable bonds is 12. The number of morpholine rings is 1. The van der Waals surface area contributed by atoms with Gasteiger partial charge in [0, 0.05) is 69.3 Å². The quantitative estimate of drug-likeness (QED) is 0.177. The van der Waals surface area contributed by atoms with Gasteiger partial charge in [0.15, 0.2) is 0 Å². The topological polar surface area (TPSA) is 86.1 Å². The highest BCUT2D eigenvalue weighted by atomic mass is 16.5. The number of ether oxygens (including phenoxy) is 2. The molecule has 0 aromatic carbocycles. The second kappa shape index (κ2) is 24.2. The fourth-order valence-corrected chi connectivity index (χ4v) is 4.52. The van der Waals surface area contributed by atoms with E-state index < -0.39 is 0 Å². The maximum absolute atomic E-state index is 5.97. The summed E-state index contributed by atoms with van der Waals surface area (Å²) in [5.41, 5.74) is 2.54. The molecule has 2 heterocycles. The monoisotopic (exact) mass is 611 g/mol. The maximum atomic E-state index is 5.97. The molecule has 2 unspecified atom stereocenters. The van der Waals surface area contributed by atoms with E-state index in [2.05, 4.69) is 78.1 Å². The van der Waals surface area contributed by atoms with Gasteiger partial charge in [-0.25, -0.2) is 4.99 Å². The van der Waals surface area contributed by atoms with Crippen LogP contribution in [0.1, 0.15) is 41.0 Å². The smallest absolute Gasteiger partial charge is 0.128 e. The number of nitrogens with one attached hydrogen (secondary N) is 2. The number of aliphatic imine (C=N–C) groups is 3. The Bertz CT molecular complexity index is 1020. The zero-order chi connectivity index (χ0) is 33.4. The Morgan fingerprint density at radius 2 is 1.82 bits per heavy atom. The number of hydrogen-bond acceptors (Lipinski definition) is 7. The number of allylic oxidation sites excluding steroid dienone is 5. The van der Waals surface area contributed by atoms with Crippen molar-refractivity contribution < 1.29 is 9.47 Å². The van der Waals surface area contributed by atoms with Crippen molar-refractivity contribution in [1.29, 1.82) is 0 Å². The van der Waals surface area contributed by atoms with Gasteiger partial charge in [0.2, 0.25) is 0 Å². The Morgan fingerprint density at radius 1 is 1.16 bits per heavy atom. The average Bonchev–Trinajstić information content (AvgIpc) is 2.99. The Balaban J connectivity index is 0.000000795. The second-order valence-corrected chi connectivity index (χ2v) is 10.9. The SMILES string of the molecule is C=C(CNC)N=C(/C=C\C)N(C)C1CC(C)OC[C@]1(C)C(=C)C=NC.C=C/C=C(\C=C/C)NC=NCC.CN1CCOCC1. The fraction of sp³-hybridized carbons (Fsp3) is 0.571. The molecule has 2 saturated heterocycles. The van der Waals surface area contributed by atoms with E-state index in [0.29, 0.717) is 13.2 Å². The summed E-state index contributed by atoms with van der Waals surface area (Å²) in [5.74, 6) is 0.898. The van der Waals surface area contributed by atoms with E-state index in [9.17, 15) is 0 Å². The van der Waals surface area contributed by atoms with Crippen LogP contribution < -0.4 is 10.6 Å². The molecule has 0 aromatic rings. The first kappa shape index (κ1) is 40.9.